The monoisotopic (exact) mass is 464 g/mol. The average molecular weight is 465 g/mol. The van der Waals surface area contributed by atoms with Crippen molar-refractivity contribution in [2.24, 2.45) is 0 Å². The number of carboxylic acid groups (broad SMARTS) is 1. The molecule has 2 atom stereocenters. The number of aromatic nitrogens is 1. The van der Waals surface area contributed by atoms with E-state index in [1.165, 1.54) is 4.90 Å². The molecule has 0 spiro atoms. The van der Waals surface area contributed by atoms with Crippen molar-refractivity contribution in [3.63, 3.8) is 0 Å². The number of carbonyl (C=O) groups is 2. The number of carboxylic acids is 1. The van der Waals surface area contributed by atoms with Crippen LogP contribution < -0.4 is 9.47 Å². The lowest BCUT2D eigenvalue weighted by Gasteiger charge is -2.26. The van der Waals surface area contributed by atoms with Crippen LogP contribution in [0.15, 0.2) is 54.6 Å². The van der Waals surface area contributed by atoms with Gasteiger partial charge >= 0.3 is 12.1 Å². The fourth-order valence-corrected chi connectivity index (χ4v) is 3.98. The SMILES string of the molecule is COc1ccc2c(OC3CC(C(=O)O)N(C(=O)OC(C)(C)C)C3)cc(-c3ccccc3)nc2c1. The number of hydrogen-bond acceptors (Lipinski definition) is 6. The Bertz CT molecular complexity index is 1210. The Morgan fingerprint density at radius 3 is 2.47 bits per heavy atom. The van der Waals surface area contributed by atoms with Crippen molar-refractivity contribution in [2.75, 3.05) is 13.7 Å². The summed E-state index contributed by atoms with van der Waals surface area (Å²) >= 11 is 0. The van der Waals surface area contributed by atoms with Crippen LogP contribution >= 0.6 is 0 Å². The smallest absolute Gasteiger partial charge is 0.411 e. The molecule has 0 bridgehead atoms. The van der Waals surface area contributed by atoms with Gasteiger partial charge in [-0.2, -0.15) is 0 Å². The first-order valence-corrected chi connectivity index (χ1v) is 11.1. The zero-order chi connectivity index (χ0) is 24.5. The van der Waals surface area contributed by atoms with Crippen molar-refractivity contribution in [1.29, 1.82) is 0 Å². The topological polar surface area (TPSA) is 98.2 Å². The lowest BCUT2D eigenvalue weighted by Crippen LogP contribution is -2.43. The van der Waals surface area contributed by atoms with Crippen molar-refractivity contribution < 1.29 is 28.9 Å². The van der Waals surface area contributed by atoms with Crippen LogP contribution in [0.2, 0.25) is 0 Å². The van der Waals surface area contributed by atoms with E-state index in [0.29, 0.717) is 22.7 Å². The number of pyridine rings is 1. The minimum Gasteiger partial charge on any atom is -0.497 e. The number of benzene rings is 2. The Morgan fingerprint density at radius 1 is 1.09 bits per heavy atom. The summed E-state index contributed by atoms with van der Waals surface area (Å²) < 4.78 is 17.1. The number of likely N-dealkylation sites (tertiary alicyclic amines) is 1. The van der Waals surface area contributed by atoms with E-state index in [1.54, 1.807) is 27.9 Å². The summed E-state index contributed by atoms with van der Waals surface area (Å²) in [5.74, 6) is 0.136. The number of rotatable bonds is 5. The largest absolute Gasteiger partial charge is 0.497 e. The van der Waals surface area contributed by atoms with E-state index >= 15 is 0 Å². The molecule has 1 saturated heterocycles. The number of methoxy groups -OCH3 is 1. The number of nitrogens with zero attached hydrogens (tertiary/aromatic N) is 2. The zero-order valence-electron chi connectivity index (χ0n) is 19.6. The summed E-state index contributed by atoms with van der Waals surface area (Å²) in [4.78, 5) is 30.5. The molecule has 1 aliphatic heterocycles. The van der Waals surface area contributed by atoms with Crippen molar-refractivity contribution in [2.45, 2.75) is 44.9 Å². The quantitative estimate of drug-likeness (QED) is 0.582. The zero-order valence-corrected chi connectivity index (χ0v) is 19.6. The van der Waals surface area contributed by atoms with Crippen molar-refractivity contribution in [1.82, 2.24) is 9.88 Å². The van der Waals surface area contributed by atoms with E-state index in [1.807, 2.05) is 54.6 Å². The Balaban J connectivity index is 1.68. The molecule has 4 rings (SSSR count). The maximum atomic E-state index is 12.7. The molecule has 1 fully saturated rings. The third-order valence-corrected chi connectivity index (χ3v) is 5.52. The molecule has 0 saturated carbocycles. The first kappa shape index (κ1) is 23.4. The highest BCUT2D eigenvalue weighted by atomic mass is 16.6. The van der Waals surface area contributed by atoms with Crippen LogP contribution in [0.3, 0.4) is 0 Å². The summed E-state index contributed by atoms with van der Waals surface area (Å²) in [7, 11) is 1.59. The average Bonchev–Trinajstić information content (AvgIpc) is 3.22. The number of aliphatic carboxylic acids is 1. The first-order chi connectivity index (χ1) is 16.1. The Morgan fingerprint density at radius 2 is 1.82 bits per heavy atom. The van der Waals surface area contributed by atoms with Gasteiger partial charge in [-0.25, -0.2) is 14.6 Å². The fraction of sp³-hybridized carbons (Fsp3) is 0.346. The third-order valence-electron chi connectivity index (χ3n) is 5.52. The van der Waals surface area contributed by atoms with E-state index < -0.39 is 29.8 Å². The molecule has 34 heavy (non-hydrogen) atoms. The highest BCUT2D eigenvalue weighted by molar-refractivity contribution is 5.89. The van der Waals surface area contributed by atoms with E-state index in [0.717, 1.165) is 10.9 Å². The van der Waals surface area contributed by atoms with Crippen molar-refractivity contribution in [3.8, 4) is 22.8 Å². The predicted molar refractivity (Wildman–Crippen MR) is 127 cm³/mol. The standard InChI is InChI=1S/C26H28N2O6/c1-26(2,3)34-25(31)28-15-18(13-22(28)24(29)30)33-23-14-20(16-8-6-5-7-9-16)27-21-12-17(32-4)10-11-19(21)23/h5-12,14,18,22H,13,15H2,1-4H3,(H,29,30). The molecule has 1 N–H and O–H groups in total. The van der Waals surface area contributed by atoms with Gasteiger partial charge in [0, 0.05) is 29.5 Å². The number of hydrogen-bond donors (Lipinski definition) is 1. The van der Waals surface area contributed by atoms with E-state index in [9.17, 15) is 14.7 Å². The van der Waals surface area contributed by atoms with Crippen LogP contribution in [0.25, 0.3) is 22.2 Å². The van der Waals surface area contributed by atoms with Crippen LogP contribution in [-0.4, -0.2) is 58.5 Å². The molecular formula is C26H28N2O6. The first-order valence-electron chi connectivity index (χ1n) is 11.1. The minimum absolute atomic E-state index is 0.104. The second-order valence-electron chi connectivity index (χ2n) is 9.22. The molecule has 2 aromatic carbocycles. The lowest BCUT2D eigenvalue weighted by atomic mass is 10.1. The van der Waals surface area contributed by atoms with Crippen LogP contribution in [0.1, 0.15) is 27.2 Å². The molecule has 1 amide bonds. The number of amides is 1. The van der Waals surface area contributed by atoms with E-state index in [2.05, 4.69) is 0 Å². The molecule has 2 unspecified atom stereocenters. The molecule has 0 radical (unpaired) electrons. The summed E-state index contributed by atoms with van der Waals surface area (Å²) in [6, 6.07) is 16.0. The van der Waals surface area contributed by atoms with Gasteiger partial charge in [-0.3, -0.25) is 4.90 Å². The third kappa shape index (κ3) is 5.06. The number of fused-ring (bicyclic) bond motifs is 1. The molecule has 1 aromatic heterocycles. The number of carbonyl (C=O) groups excluding carboxylic acids is 1. The maximum Gasteiger partial charge on any atom is 0.411 e. The summed E-state index contributed by atoms with van der Waals surface area (Å²) in [6.45, 7) is 5.33. The van der Waals surface area contributed by atoms with Crippen molar-refractivity contribution in [3.05, 3.63) is 54.6 Å². The normalized spacial score (nSPS) is 18.1. The second kappa shape index (κ2) is 9.21. The lowest BCUT2D eigenvalue weighted by molar-refractivity contribution is -0.142. The van der Waals surface area contributed by atoms with Crippen LogP contribution in [-0.2, 0) is 9.53 Å². The Kier molecular flexibility index (Phi) is 6.32. The Hall–Kier alpha value is -3.81. The predicted octanol–water partition coefficient (Wildman–Crippen LogP) is 4.75. The maximum absolute atomic E-state index is 12.7. The minimum atomic E-state index is -1.09. The molecule has 178 valence electrons. The van der Waals surface area contributed by atoms with Crippen LogP contribution in [0.5, 0.6) is 11.5 Å². The molecule has 0 aliphatic carbocycles. The van der Waals surface area contributed by atoms with Gasteiger partial charge in [0.2, 0.25) is 0 Å². The summed E-state index contributed by atoms with van der Waals surface area (Å²) in [5.41, 5.74) is 1.59. The molecule has 1 aliphatic rings. The second-order valence-corrected chi connectivity index (χ2v) is 9.22. The summed E-state index contributed by atoms with van der Waals surface area (Å²) in [5, 5.41) is 10.5. The molecule has 3 aromatic rings. The van der Waals surface area contributed by atoms with Crippen molar-refractivity contribution >= 4 is 23.0 Å². The summed E-state index contributed by atoms with van der Waals surface area (Å²) in [6.07, 6.45) is -1.04. The van der Waals surface area contributed by atoms with Crippen LogP contribution in [0, 0.1) is 0 Å². The van der Waals surface area contributed by atoms with Gasteiger partial charge in [-0.05, 0) is 32.9 Å². The molecule has 2 heterocycles. The molecule has 8 heteroatoms. The van der Waals surface area contributed by atoms with E-state index in [4.69, 9.17) is 19.2 Å². The highest BCUT2D eigenvalue weighted by Gasteiger charge is 2.42. The van der Waals surface area contributed by atoms with E-state index in [-0.39, 0.29) is 13.0 Å². The highest BCUT2D eigenvalue weighted by Crippen LogP contribution is 2.34. The Labute approximate surface area is 198 Å². The van der Waals surface area contributed by atoms with Gasteiger partial charge in [0.25, 0.3) is 0 Å². The van der Waals surface area contributed by atoms with Gasteiger partial charge in [-0.15, -0.1) is 0 Å². The number of ether oxygens (including phenoxy) is 3. The van der Waals surface area contributed by atoms with Gasteiger partial charge < -0.3 is 19.3 Å². The molecule has 8 nitrogen and oxygen atoms in total. The van der Waals surface area contributed by atoms with Gasteiger partial charge in [-0.1, -0.05) is 30.3 Å². The van der Waals surface area contributed by atoms with Gasteiger partial charge in [0.05, 0.1) is 24.9 Å². The molecular weight excluding hydrogens is 436 g/mol. The fourth-order valence-electron chi connectivity index (χ4n) is 3.98. The van der Waals surface area contributed by atoms with Crippen LogP contribution in [0.4, 0.5) is 4.79 Å². The van der Waals surface area contributed by atoms with Gasteiger partial charge in [0.1, 0.15) is 29.2 Å². The van der Waals surface area contributed by atoms with Gasteiger partial charge in [0.15, 0.2) is 0 Å².